The fraction of sp³-hybridized carbons (Fsp3) is 0.250. The summed E-state index contributed by atoms with van der Waals surface area (Å²) in [6.45, 7) is 3.24. The first kappa shape index (κ1) is 13.4. The van der Waals surface area contributed by atoms with E-state index >= 15 is 0 Å². The van der Waals surface area contributed by atoms with Gasteiger partial charge in [-0.05, 0) is 19.1 Å². The Bertz CT molecular complexity index is 597. The van der Waals surface area contributed by atoms with Gasteiger partial charge in [-0.2, -0.15) is 5.10 Å². The van der Waals surface area contributed by atoms with Gasteiger partial charge >= 0.3 is 0 Å². The van der Waals surface area contributed by atoms with Crippen LogP contribution < -0.4 is 5.32 Å². The van der Waals surface area contributed by atoms with E-state index in [1.807, 2.05) is 13.1 Å². The van der Waals surface area contributed by atoms with E-state index in [0.29, 0.717) is 17.3 Å². The zero-order valence-electron chi connectivity index (χ0n) is 10.3. The maximum Gasteiger partial charge on any atom is 0.292 e. The summed E-state index contributed by atoms with van der Waals surface area (Å²) in [5.41, 5.74) is 1.37. The van der Waals surface area contributed by atoms with E-state index in [1.54, 1.807) is 16.9 Å². The molecule has 0 fully saturated rings. The molecule has 100 valence electrons. The monoisotopic (exact) mass is 280 g/mol. The molecule has 0 bridgehead atoms. The number of rotatable bonds is 5. The maximum absolute atomic E-state index is 10.9. The first-order valence-corrected chi connectivity index (χ1v) is 6.17. The number of anilines is 1. The molecule has 0 saturated carbocycles. The highest BCUT2D eigenvalue weighted by molar-refractivity contribution is 6.31. The molecule has 0 radical (unpaired) electrons. The highest BCUT2D eigenvalue weighted by Crippen LogP contribution is 2.27. The predicted molar refractivity (Wildman–Crippen MR) is 73.3 cm³/mol. The van der Waals surface area contributed by atoms with Crippen LogP contribution in [-0.4, -0.2) is 14.7 Å². The maximum atomic E-state index is 10.9. The number of hydrogen-bond acceptors (Lipinski definition) is 4. The first-order valence-electron chi connectivity index (χ1n) is 5.79. The fourth-order valence-corrected chi connectivity index (χ4v) is 1.85. The van der Waals surface area contributed by atoms with E-state index in [0.717, 1.165) is 12.1 Å². The third kappa shape index (κ3) is 3.23. The Morgan fingerprint density at radius 2 is 2.32 bits per heavy atom. The van der Waals surface area contributed by atoms with Crippen molar-refractivity contribution >= 4 is 23.0 Å². The van der Waals surface area contributed by atoms with E-state index in [-0.39, 0.29) is 5.69 Å². The second-order valence-electron chi connectivity index (χ2n) is 3.98. The number of nitrogens with zero attached hydrogens (tertiary/aromatic N) is 3. The molecule has 0 atom stereocenters. The Morgan fingerprint density at radius 1 is 1.53 bits per heavy atom. The van der Waals surface area contributed by atoms with Gasteiger partial charge in [-0.25, -0.2) is 0 Å². The molecule has 1 N–H and O–H groups in total. The molecule has 0 saturated heterocycles. The van der Waals surface area contributed by atoms with Crippen LogP contribution in [0.2, 0.25) is 5.02 Å². The third-order valence-electron chi connectivity index (χ3n) is 2.65. The van der Waals surface area contributed by atoms with Crippen LogP contribution >= 0.6 is 11.6 Å². The lowest BCUT2D eigenvalue weighted by Gasteiger charge is -2.06. The van der Waals surface area contributed by atoms with Crippen LogP contribution in [0, 0.1) is 10.1 Å². The van der Waals surface area contributed by atoms with Gasteiger partial charge in [0.2, 0.25) is 0 Å². The second-order valence-corrected chi connectivity index (χ2v) is 4.41. The average Bonchev–Trinajstić information content (AvgIpc) is 2.84. The summed E-state index contributed by atoms with van der Waals surface area (Å²) in [6, 6.07) is 4.43. The summed E-state index contributed by atoms with van der Waals surface area (Å²) in [5.74, 6) is 0. The molecule has 0 aliphatic heterocycles. The molecule has 0 amide bonds. The number of nitrogens with one attached hydrogen (secondary N) is 1. The Labute approximate surface area is 115 Å². The largest absolute Gasteiger partial charge is 0.375 e. The van der Waals surface area contributed by atoms with Crippen LogP contribution in [0.25, 0.3) is 0 Å². The Morgan fingerprint density at radius 3 is 2.95 bits per heavy atom. The zero-order valence-corrected chi connectivity index (χ0v) is 11.1. The van der Waals surface area contributed by atoms with E-state index in [4.69, 9.17) is 11.6 Å². The molecule has 0 aliphatic carbocycles. The van der Waals surface area contributed by atoms with Gasteiger partial charge in [0, 0.05) is 35.9 Å². The standard InChI is InChI=1S/C12H13ClN4O2/c1-2-16-8-9(7-15-16)6-14-11-5-10(13)3-4-12(11)17(18)19/h3-5,7-8,14H,2,6H2,1H3. The predicted octanol–water partition coefficient (Wildman–Crippen LogP) is 3.08. The van der Waals surface area contributed by atoms with Crippen molar-refractivity contribution in [3.8, 4) is 0 Å². The zero-order chi connectivity index (χ0) is 13.8. The number of benzene rings is 1. The van der Waals surface area contributed by atoms with Crippen LogP contribution in [-0.2, 0) is 13.1 Å². The van der Waals surface area contributed by atoms with Gasteiger partial charge in [-0.3, -0.25) is 14.8 Å². The minimum Gasteiger partial charge on any atom is -0.375 e. The van der Waals surface area contributed by atoms with Crippen LogP contribution in [0.5, 0.6) is 0 Å². The quantitative estimate of drug-likeness (QED) is 0.675. The smallest absolute Gasteiger partial charge is 0.292 e. The number of hydrogen-bond donors (Lipinski definition) is 1. The van der Waals surface area contributed by atoms with Gasteiger partial charge in [-0.15, -0.1) is 0 Å². The highest BCUT2D eigenvalue weighted by Gasteiger charge is 2.13. The van der Waals surface area contributed by atoms with Crippen molar-refractivity contribution in [1.82, 2.24) is 9.78 Å². The van der Waals surface area contributed by atoms with Crippen molar-refractivity contribution < 1.29 is 4.92 Å². The lowest BCUT2D eigenvalue weighted by atomic mass is 10.2. The second kappa shape index (κ2) is 5.71. The van der Waals surface area contributed by atoms with Crippen LogP contribution in [0.4, 0.5) is 11.4 Å². The van der Waals surface area contributed by atoms with Crippen LogP contribution in [0.3, 0.4) is 0 Å². The minimum absolute atomic E-state index is 0.00674. The molecule has 2 rings (SSSR count). The lowest BCUT2D eigenvalue weighted by molar-refractivity contribution is -0.384. The number of aryl methyl sites for hydroxylation is 1. The Balaban J connectivity index is 2.14. The van der Waals surface area contributed by atoms with Gasteiger partial charge in [0.1, 0.15) is 5.69 Å². The van der Waals surface area contributed by atoms with E-state index in [2.05, 4.69) is 10.4 Å². The topological polar surface area (TPSA) is 73.0 Å². The van der Waals surface area contributed by atoms with Crippen molar-refractivity contribution in [2.75, 3.05) is 5.32 Å². The van der Waals surface area contributed by atoms with Crippen molar-refractivity contribution in [2.24, 2.45) is 0 Å². The summed E-state index contributed by atoms with van der Waals surface area (Å²) in [6.07, 6.45) is 3.62. The van der Waals surface area contributed by atoms with E-state index in [1.165, 1.54) is 12.1 Å². The summed E-state index contributed by atoms with van der Waals surface area (Å²) in [7, 11) is 0. The molecule has 0 aliphatic rings. The average molecular weight is 281 g/mol. The summed E-state index contributed by atoms with van der Waals surface area (Å²) in [5, 5.41) is 18.5. The summed E-state index contributed by atoms with van der Waals surface area (Å²) < 4.78 is 1.80. The van der Waals surface area contributed by atoms with Gasteiger partial charge in [0.05, 0.1) is 11.1 Å². The molecule has 1 aromatic heterocycles. The van der Waals surface area contributed by atoms with Gasteiger partial charge in [0.15, 0.2) is 0 Å². The van der Waals surface area contributed by atoms with Gasteiger partial charge < -0.3 is 5.32 Å². The van der Waals surface area contributed by atoms with Gasteiger partial charge in [-0.1, -0.05) is 11.6 Å². The molecule has 0 spiro atoms. The number of aromatic nitrogens is 2. The van der Waals surface area contributed by atoms with Crippen LogP contribution in [0.1, 0.15) is 12.5 Å². The first-order chi connectivity index (χ1) is 9.10. The highest BCUT2D eigenvalue weighted by atomic mass is 35.5. The van der Waals surface area contributed by atoms with Crippen molar-refractivity contribution in [3.63, 3.8) is 0 Å². The molecule has 1 heterocycles. The molecule has 0 unspecified atom stereocenters. The molecule has 19 heavy (non-hydrogen) atoms. The molecule has 1 aromatic carbocycles. The third-order valence-corrected chi connectivity index (χ3v) is 2.88. The molecule has 7 heteroatoms. The van der Waals surface area contributed by atoms with Crippen molar-refractivity contribution in [2.45, 2.75) is 20.0 Å². The van der Waals surface area contributed by atoms with E-state index in [9.17, 15) is 10.1 Å². The summed E-state index contributed by atoms with van der Waals surface area (Å²) >= 11 is 5.85. The molecular weight excluding hydrogens is 268 g/mol. The van der Waals surface area contributed by atoms with Crippen LogP contribution in [0.15, 0.2) is 30.6 Å². The SMILES string of the molecule is CCn1cc(CNc2cc(Cl)ccc2[N+](=O)[O-])cn1. The number of nitro benzene ring substituents is 1. The van der Waals surface area contributed by atoms with Crippen molar-refractivity contribution in [1.29, 1.82) is 0 Å². The lowest BCUT2D eigenvalue weighted by Crippen LogP contribution is -2.02. The summed E-state index contributed by atoms with van der Waals surface area (Å²) in [4.78, 5) is 10.5. The van der Waals surface area contributed by atoms with Gasteiger partial charge in [0.25, 0.3) is 5.69 Å². The Kier molecular flexibility index (Phi) is 4.01. The number of nitro groups is 1. The minimum atomic E-state index is -0.436. The molecule has 6 nitrogen and oxygen atoms in total. The normalized spacial score (nSPS) is 10.4. The molecule has 2 aromatic rings. The Hall–Kier alpha value is -2.08. The molecular formula is C12H13ClN4O2. The van der Waals surface area contributed by atoms with Crippen molar-refractivity contribution in [3.05, 3.63) is 51.3 Å². The number of halogens is 1. The van der Waals surface area contributed by atoms with E-state index < -0.39 is 4.92 Å². The fourth-order valence-electron chi connectivity index (χ4n) is 1.68.